The van der Waals surface area contributed by atoms with Crippen LogP contribution in [-0.2, 0) is 20.9 Å². The maximum absolute atomic E-state index is 12.1. The van der Waals surface area contributed by atoms with E-state index >= 15 is 0 Å². The van der Waals surface area contributed by atoms with Crippen LogP contribution in [0.15, 0.2) is 29.1 Å². The summed E-state index contributed by atoms with van der Waals surface area (Å²) in [5.41, 5.74) is 0.622. The van der Waals surface area contributed by atoms with Crippen molar-refractivity contribution < 1.29 is 14.3 Å². The molecule has 0 aliphatic rings. The summed E-state index contributed by atoms with van der Waals surface area (Å²) >= 11 is 18.2. The maximum atomic E-state index is 12.1. The van der Waals surface area contributed by atoms with Gasteiger partial charge in [0.25, 0.3) is 0 Å². The number of carbonyl (C=O) groups is 2. The Balaban J connectivity index is 2.18. The zero-order valence-corrected chi connectivity index (χ0v) is 15.0. The van der Waals surface area contributed by atoms with E-state index in [1.54, 1.807) is 24.3 Å². The lowest BCUT2D eigenvalue weighted by Crippen LogP contribution is -2.35. The zero-order valence-electron chi connectivity index (χ0n) is 11.9. The molecule has 0 spiro atoms. The minimum atomic E-state index is -1.93. The second kappa shape index (κ2) is 7.21. The van der Waals surface area contributed by atoms with Crippen LogP contribution in [0, 0.1) is 0 Å². The highest BCUT2D eigenvalue weighted by molar-refractivity contribution is 7.16. The van der Waals surface area contributed by atoms with Crippen molar-refractivity contribution in [3.63, 3.8) is 0 Å². The van der Waals surface area contributed by atoms with Crippen molar-refractivity contribution >= 4 is 68.1 Å². The number of hydrogen-bond acceptors (Lipinski definition) is 5. The van der Waals surface area contributed by atoms with Crippen molar-refractivity contribution in [3.05, 3.63) is 33.9 Å². The van der Waals surface area contributed by atoms with E-state index < -0.39 is 15.9 Å². The third-order valence-electron chi connectivity index (χ3n) is 2.97. The molecule has 9 heteroatoms. The van der Waals surface area contributed by atoms with Crippen LogP contribution in [0.25, 0.3) is 10.2 Å². The van der Waals surface area contributed by atoms with Gasteiger partial charge in [-0.15, -0.1) is 0 Å². The Morgan fingerprint density at radius 1 is 1.30 bits per heavy atom. The number of aromatic nitrogens is 1. The topological polar surface area (TPSA) is 65.4 Å². The minimum Gasteiger partial charge on any atom is -0.456 e. The number of Topliss-reactive ketones (excluding diaryl/α,β-unsaturated/α-hetero) is 1. The van der Waals surface area contributed by atoms with Gasteiger partial charge in [-0.25, -0.2) is 0 Å². The molecule has 0 bridgehead atoms. The molecule has 1 aromatic carbocycles. The van der Waals surface area contributed by atoms with Gasteiger partial charge in [0.15, 0.2) is 6.10 Å². The molecule has 0 saturated heterocycles. The first-order valence-corrected chi connectivity index (χ1v) is 8.47. The van der Waals surface area contributed by atoms with Crippen LogP contribution in [0.5, 0.6) is 0 Å². The van der Waals surface area contributed by atoms with Crippen LogP contribution in [-0.4, -0.2) is 26.2 Å². The summed E-state index contributed by atoms with van der Waals surface area (Å²) in [5.74, 6) is -1.04. The van der Waals surface area contributed by atoms with Gasteiger partial charge >= 0.3 is 10.8 Å². The lowest BCUT2D eigenvalue weighted by atomic mass is 10.2. The molecule has 0 amide bonds. The normalized spacial score (nSPS) is 13.0. The summed E-state index contributed by atoms with van der Waals surface area (Å²) in [6, 6.07) is 7.06. The molecular weight excluding hydrogens is 385 g/mol. The van der Waals surface area contributed by atoms with Gasteiger partial charge in [-0.1, -0.05) is 58.3 Å². The fourth-order valence-electron chi connectivity index (χ4n) is 1.97. The summed E-state index contributed by atoms with van der Waals surface area (Å²) in [4.78, 5) is 35.0. The molecule has 0 saturated carbocycles. The van der Waals surface area contributed by atoms with Crippen LogP contribution in [0.1, 0.15) is 13.3 Å². The van der Waals surface area contributed by atoms with Gasteiger partial charge in [0.05, 0.1) is 10.2 Å². The maximum Gasteiger partial charge on any atom is 0.326 e. The fourth-order valence-corrected chi connectivity index (χ4v) is 3.23. The van der Waals surface area contributed by atoms with E-state index in [9.17, 15) is 14.4 Å². The van der Waals surface area contributed by atoms with Gasteiger partial charge in [0.1, 0.15) is 12.3 Å². The van der Waals surface area contributed by atoms with Crippen molar-refractivity contribution in [1.82, 2.24) is 4.57 Å². The van der Waals surface area contributed by atoms with E-state index in [0.717, 1.165) is 16.0 Å². The molecule has 0 radical (unpaired) electrons. The quantitative estimate of drug-likeness (QED) is 0.574. The molecule has 0 unspecified atom stereocenters. The van der Waals surface area contributed by atoms with Crippen LogP contribution in [0.4, 0.5) is 0 Å². The van der Waals surface area contributed by atoms with Crippen LogP contribution in [0.2, 0.25) is 0 Å². The van der Waals surface area contributed by atoms with Gasteiger partial charge < -0.3 is 4.74 Å². The predicted molar refractivity (Wildman–Crippen MR) is 91.6 cm³/mol. The number of carbonyl (C=O) groups excluding carboxylic acids is 2. The summed E-state index contributed by atoms with van der Waals surface area (Å²) in [7, 11) is 0. The molecule has 0 fully saturated rings. The first-order chi connectivity index (χ1) is 10.7. The predicted octanol–water partition coefficient (Wildman–Crippen LogP) is 3.32. The Bertz CT molecular complexity index is 793. The molecule has 124 valence electrons. The molecule has 5 nitrogen and oxygen atoms in total. The van der Waals surface area contributed by atoms with Crippen LogP contribution < -0.4 is 4.87 Å². The van der Waals surface area contributed by atoms with Gasteiger partial charge in [0.2, 0.25) is 3.79 Å². The Hall–Kier alpha value is -1.08. The Morgan fingerprint density at radius 2 is 1.96 bits per heavy atom. The summed E-state index contributed by atoms with van der Waals surface area (Å²) < 4.78 is 5.20. The Labute approximate surface area is 150 Å². The number of hydrogen-bond donors (Lipinski definition) is 0. The number of alkyl halides is 3. The number of benzene rings is 1. The number of rotatable bonds is 5. The Morgan fingerprint density at radius 3 is 2.57 bits per heavy atom. The minimum absolute atomic E-state index is 0.221. The number of nitrogens with zero attached hydrogens (tertiary/aromatic N) is 1. The average molecular weight is 397 g/mol. The van der Waals surface area contributed by atoms with E-state index in [4.69, 9.17) is 39.5 Å². The molecule has 0 N–H and O–H groups in total. The van der Waals surface area contributed by atoms with Crippen LogP contribution in [0.3, 0.4) is 0 Å². The highest BCUT2D eigenvalue weighted by Crippen LogP contribution is 2.34. The first-order valence-electron chi connectivity index (χ1n) is 6.52. The molecule has 0 aliphatic heterocycles. The summed E-state index contributed by atoms with van der Waals surface area (Å²) in [6.07, 6.45) is -1.43. The first kappa shape index (κ1) is 18.3. The standard InChI is InChI=1S/C14H12Cl3NO4S/c1-8(19)6-11(14(15,16)17)22-12(20)7-18-9-4-2-3-5-10(9)23-13(18)21/h2-5,11H,6-7H2,1H3/t11-/m1/s1. The molecule has 0 aliphatic carbocycles. The van der Waals surface area contributed by atoms with Crippen molar-refractivity contribution in [2.45, 2.75) is 29.8 Å². The van der Waals surface area contributed by atoms with Crippen molar-refractivity contribution in [1.29, 1.82) is 0 Å². The van der Waals surface area contributed by atoms with Gasteiger partial charge in [0, 0.05) is 6.42 Å². The SMILES string of the molecule is CC(=O)C[C@@H](OC(=O)Cn1c(=O)sc2ccccc21)C(Cl)(Cl)Cl. The third-order valence-corrected chi connectivity index (χ3v) is 4.66. The van der Waals surface area contributed by atoms with Crippen molar-refractivity contribution in [2.24, 2.45) is 0 Å². The number of ether oxygens (including phenoxy) is 1. The van der Waals surface area contributed by atoms with Crippen molar-refractivity contribution in [3.8, 4) is 0 Å². The number of esters is 1. The van der Waals surface area contributed by atoms with E-state index in [1.165, 1.54) is 11.5 Å². The molecule has 1 atom stereocenters. The summed E-state index contributed by atoms with van der Waals surface area (Å²) in [5, 5.41) is 0. The molecular formula is C14H12Cl3NO4S. The smallest absolute Gasteiger partial charge is 0.326 e. The Kier molecular flexibility index (Phi) is 5.73. The fraction of sp³-hybridized carbons (Fsp3) is 0.357. The molecule has 2 rings (SSSR count). The number of halogens is 3. The number of para-hydroxylation sites is 1. The summed E-state index contributed by atoms with van der Waals surface area (Å²) in [6.45, 7) is 0.978. The molecule has 1 heterocycles. The largest absolute Gasteiger partial charge is 0.456 e. The van der Waals surface area contributed by atoms with Gasteiger partial charge in [-0.05, 0) is 19.1 Å². The van der Waals surface area contributed by atoms with E-state index in [1.807, 2.05) is 0 Å². The van der Waals surface area contributed by atoms with Gasteiger partial charge in [-0.2, -0.15) is 0 Å². The van der Waals surface area contributed by atoms with E-state index in [2.05, 4.69) is 0 Å². The second-order valence-corrected chi connectivity index (χ2v) is 8.21. The van der Waals surface area contributed by atoms with Gasteiger partial charge in [-0.3, -0.25) is 19.0 Å². The highest BCUT2D eigenvalue weighted by Gasteiger charge is 2.37. The highest BCUT2D eigenvalue weighted by atomic mass is 35.6. The van der Waals surface area contributed by atoms with Crippen LogP contribution >= 0.6 is 46.1 Å². The zero-order chi connectivity index (χ0) is 17.2. The second-order valence-electron chi connectivity index (χ2n) is 4.85. The lowest BCUT2D eigenvalue weighted by molar-refractivity contribution is -0.150. The molecule has 23 heavy (non-hydrogen) atoms. The average Bonchev–Trinajstić information content (AvgIpc) is 2.73. The molecule has 1 aromatic heterocycles. The monoisotopic (exact) mass is 395 g/mol. The third kappa shape index (κ3) is 4.70. The lowest BCUT2D eigenvalue weighted by Gasteiger charge is -2.23. The van der Waals surface area contributed by atoms with Crippen molar-refractivity contribution in [2.75, 3.05) is 0 Å². The van der Waals surface area contributed by atoms with E-state index in [0.29, 0.717) is 5.52 Å². The number of ketones is 1. The van der Waals surface area contributed by atoms with E-state index in [-0.39, 0.29) is 23.6 Å². The molecule has 2 aromatic rings. The number of thiazole rings is 1. The number of fused-ring (bicyclic) bond motifs is 1.